The first-order valence-electron chi connectivity index (χ1n) is 6.39. The number of benzene rings is 1. The Balaban J connectivity index is 2.19. The highest BCUT2D eigenvalue weighted by Gasteiger charge is 2.15. The van der Waals surface area contributed by atoms with Crippen LogP contribution < -0.4 is 11.1 Å². The molecule has 2 rings (SSSR count). The number of hydrogen-bond donors (Lipinski definition) is 2. The van der Waals surface area contributed by atoms with Gasteiger partial charge in [-0.15, -0.1) is 11.8 Å². The molecule has 0 amide bonds. The molecule has 1 aliphatic heterocycles. The summed E-state index contributed by atoms with van der Waals surface area (Å²) in [6, 6.07) is 7.51. The molecule has 3 N–H and O–H groups in total. The largest absolute Gasteiger partial charge is 0.328 e. The quantitative estimate of drug-likeness (QED) is 0.863. The van der Waals surface area contributed by atoms with E-state index in [1.165, 1.54) is 34.6 Å². The third-order valence-corrected chi connectivity index (χ3v) is 4.49. The first kappa shape index (κ1) is 12.9. The second-order valence-corrected chi connectivity index (χ2v) is 6.01. The predicted octanol–water partition coefficient (Wildman–Crippen LogP) is 2.72. The molecule has 17 heavy (non-hydrogen) atoms. The minimum absolute atomic E-state index is 0.234. The minimum Gasteiger partial charge on any atom is -0.328 e. The highest BCUT2D eigenvalue weighted by atomic mass is 32.2. The van der Waals surface area contributed by atoms with Crippen LogP contribution in [0.3, 0.4) is 0 Å². The summed E-state index contributed by atoms with van der Waals surface area (Å²) in [7, 11) is 2.02. The van der Waals surface area contributed by atoms with Crippen molar-refractivity contribution in [2.75, 3.05) is 12.8 Å². The first-order valence-corrected chi connectivity index (χ1v) is 7.37. The molecule has 1 heterocycles. The molecule has 0 bridgehead atoms. The summed E-state index contributed by atoms with van der Waals surface area (Å²) in [5.41, 5.74) is 8.80. The molecule has 1 aromatic carbocycles. The van der Waals surface area contributed by atoms with Crippen molar-refractivity contribution in [3.8, 4) is 0 Å². The Morgan fingerprint density at radius 2 is 2.29 bits per heavy atom. The molecule has 2 nitrogen and oxygen atoms in total. The zero-order valence-corrected chi connectivity index (χ0v) is 11.5. The standard InChI is InChI=1S/C14H22N2S/c1-10(15)8-13(16-2)11-5-6-14-12(9-11)4-3-7-17-14/h5-6,9-10,13,16H,3-4,7-8,15H2,1-2H3. The zero-order chi connectivity index (χ0) is 12.3. The van der Waals surface area contributed by atoms with Crippen molar-refractivity contribution in [3.05, 3.63) is 29.3 Å². The number of aryl methyl sites for hydroxylation is 1. The average molecular weight is 250 g/mol. The van der Waals surface area contributed by atoms with Gasteiger partial charge in [-0.05, 0) is 56.2 Å². The van der Waals surface area contributed by atoms with Gasteiger partial charge in [0, 0.05) is 17.0 Å². The predicted molar refractivity (Wildman–Crippen MR) is 75.6 cm³/mol. The summed E-state index contributed by atoms with van der Waals surface area (Å²) < 4.78 is 0. The molecule has 0 aromatic heterocycles. The van der Waals surface area contributed by atoms with Gasteiger partial charge in [0.15, 0.2) is 0 Å². The van der Waals surface area contributed by atoms with Crippen molar-refractivity contribution in [1.29, 1.82) is 0 Å². The maximum absolute atomic E-state index is 5.90. The van der Waals surface area contributed by atoms with Gasteiger partial charge in [0.25, 0.3) is 0 Å². The minimum atomic E-state index is 0.234. The van der Waals surface area contributed by atoms with Gasteiger partial charge in [-0.25, -0.2) is 0 Å². The lowest BCUT2D eigenvalue weighted by Crippen LogP contribution is -2.25. The van der Waals surface area contributed by atoms with E-state index in [1.54, 1.807) is 0 Å². The van der Waals surface area contributed by atoms with E-state index in [9.17, 15) is 0 Å². The van der Waals surface area contributed by atoms with Gasteiger partial charge in [0.05, 0.1) is 0 Å². The molecule has 0 spiro atoms. The van der Waals surface area contributed by atoms with Crippen LogP contribution in [0.2, 0.25) is 0 Å². The van der Waals surface area contributed by atoms with Crippen molar-refractivity contribution in [2.45, 2.75) is 43.2 Å². The molecule has 0 aliphatic carbocycles. The molecular formula is C14H22N2S. The fourth-order valence-corrected chi connectivity index (χ4v) is 3.41. The number of nitrogens with one attached hydrogen (secondary N) is 1. The van der Waals surface area contributed by atoms with Crippen molar-refractivity contribution < 1.29 is 0 Å². The SMILES string of the molecule is CNC(CC(C)N)c1ccc2c(c1)CCCS2. The van der Waals surface area contributed by atoms with E-state index >= 15 is 0 Å². The summed E-state index contributed by atoms with van der Waals surface area (Å²) in [4.78, 5) is 1.47. The first-order chi connectivity index (χ1) is 8.20. The van der Waals surface area contributed by atoms with Crippen LogP contribution in [0, 0.1) is 0 Å². The lowest BCUT2D eigenvalue weighted by atomic mass is 9.97. The number of thioether (sulfide) groups is 1. The molecule has 1 aromatic rings. The number of nitrogens with two attached hydrogens (primary N) is 1. The maximum Gasteiger partial charge on any atom is 0.0332 e. The molecule has 1 aliphatic rings. The van der Waals surface area contributed by atoms with E-state index in [-0.39, 0.29) is 6.04 Å². The topological polar surface area (TPSA) is 38.0 Å². The molecule has 0 radical (unpaired) electrons. The van der Waals surface area contributed by atoms with Crippen LogP contribution in [0.5, 0.6) is 0 Å². The summed E-state index contributed by atoms with van der Waals surface area (Å²) in [5, 5.41) is 3.37. The fraction of sp³-hybridized carbons (Fsp3) is 0.571. The van der Waals surface area contributed by atoms with Gasteiger partial charge >= 0.3 is 0 Å². The normalized spacial score (nSPS) is 18.5. The summed E-state index contributed by atoms with van der Waals surface area (Å²) in [6.45, 7) is 2.07. The Labute approximate surface area is 108 Å². The maximum atomic E-state index is 5.90. The number of rotatable bonds is 4. The van der Waals surface area contributed by atoms with Crippen LogP contribution in [0.1, 0.15) is 36.9 Å². The highest BCUT2D eigenvalue weighted by molar-refractivity contribution is 7.99. The fourth-order valence-electron chi connectivity index (χ4n) is 2.39. The van der Waals surface area contributed by atoms with E-state index < -0.39 is 0 Å². The lowest BCUT2D eigenvalue weighted by molar-refractivity contribution is 0.498. The Hall–Kier alpha value is -0.510. The van der Waals surface area contributed by atoms with E-state index in [2.05, 4.69) is 30.4 Å². The molecular weight excluding hydrogens is 228 g/mol. The second kappa shape index (κ2) is 5.89. The highest BCUT2D eigenvalue weighted by Crippen LogP contribution is 2.32. The van der Waals surface area contributed by atoms with Gasteiger partial charge in [0.2, 0.25) is 0 Å². The van der Waals surface area contributed by atoms with E-state index in [0.29, 0.717) is 6.04 Å². The Kier molecular flexibility index (Phi) is 4.48. The lowest BCUT2D eigenvalue weighted by Gasteiger charge is -2.22. The second-order valence-electron chi connectivity index (χ2n) is 4.87. The summed E-state index contributed by atoms with van der Waals surface area (Å²) in [5.74, 6) is 1.27. The van der Waals surface area contributed by atoms with Crippen LogP contribution in [0.15, 0.2) is 23.1 Å². The van der Waals surface area contributed by atoms with E-state index in [1.807, 2.05) is 18.8 Å². The van der Waals surface area contributed by atoms with Gasteiger partial charge in [-0.2, -0.15) is 0 Å². The van der Waals surface area contributed by atoms with E-state index in [0.717, 1.165) is 6.42 Å². The Bertz CT molecular complexity index is 376. The third kappa shape index (κ3) is 3.24. The molecule has 0 saturated heterocycles. The average Bonchev–Trinajstić information content (AvgIpc) is 2.35. The van der Waals surface area contributed by atoms with Gasteiger partial charge < -0.3 is 11.1 Å². The molecule has 0 fully saturated rings. The Morgan fingerprint density at radius 1 is 1.47 bits per heavy atom. The molecule has 2 atom stereocenters. The third-order valence-electron chi connectivity index (χ3n) is 3.29. The van der Waals surface area contributed by atoms with Crippen molar-refractivity contribution in [3.63, 3.8) is 0 Å². The van der Waals surface area contributed by atoms with Crippen LogP contribution in [0.4, 0.5) is 0 Å². The summed E-state index contributed by atoms with van der Waals surface area (Å²) >= 11 is 1.99. The zero-order valence-electron chi connectivity index (χ0n) is 10.7. The number of fused-ring (bicyclic) bond motifs is 1. The monoisotopic (exact) mass is 250 g/mol. The smallest absolute Gasteiger partial charge is 0.0332 e. The summed E-state index contributed by atoms with van der Waals surface area (Å²) in [6.07, 6.45) is 3.52. The van der Waals surface area contributed by atoms with Crippen LogP contribution in [0.25, 0.3) is 0 Å². The van der Waals surface area contributed by atoms with Crippen LogP contribution >= 0.6 is 11.8 Å². The number of hydrogen-bond acceptors (Lipinski definition) is 3. The van der Waals surface area contributed by atoms with Crippen LogP contribution in [-0.2, 0) is 6.42 Å². The molecule has 3 heteroatoms. The molecule has 94 valence electrons. The van der Waals surface area contributed by atoms with Gasteiger partial charge in [-0.3, -0.25) is 0 Å². The van der Waals surface area contributed by atoms with E-state index in [4.69, 9.17) is 5.73 Å². The van der Waals surface area contributed by atoms with Crippen LogP contribution in [-0.4, -0.2) is 18.8 Å². The Morgan fingerprint density at radius 3 is 3.00 bits per heavy atom. The van der Waals surface area contributed by atoms with Crippen molar-refractivity contribution in [2.24, 2.45) is 5.73 Å². The van der Waals surface area contributed by atoms with Gasteiger partial charge in [-0.1, -0.05) is 12.1 Å². The molecule has 0 saturated carbocycles. The van der Waals surface area contributed by atoms with Crippen molar-refractivity contribution in [1.82, 2.24) is 5.32 Å². The van der Waals surface area contributed by atoms with Crippen molar-refractivity contribution >= 4 is 11.8 Å². The van der Waals surface area contributed by atoms with Gasteiger partial charge in [0.1, 0.15) is 0 Å². The molecule has 2 unspecified atom stereocenters.